The molecule has 0 aliphatic carbocycles. The van der Waals surface area contributed by atoms with Gasteiger partial charge in [-0.05, 0) is 12.1 Å². The summed E-state index contributed by atoms with van der Waals surface area (Å²) in [6.07, 6.45) is 0. The normalized spacial score (nSPS) is 15.8. The lowest BCUT2D eigenvalue weighted by molar-refractivity contribution is 0.0601. The molecule has 5 heteroatoms. The molecule has 1 aromatic rings. The summed E-state index contributed by atoms with van der Waals surface area (Å²) in [5.41, 5.74) is 1.32. The second-order valence-electron chi connectivity index (χ2n) is 3.87. The van der Waals surface area contributed by atoms with Crippen molar-refractivity contribution in [3.8, 4) is 0 Å². The van der Waals surface area contributed by atoms with Gasteiger partial charge in [0, 0.05) is 26.2 Å². The third-order valence-corrected chi connectivity index (χ3v) is 3.24. The zero-order chi connectivity index (χ0) is 12.3. The summed E-state index contributed by atoms with van der Waals surface area (Å²) < 4.78 is 4.71. The maximum atomic E-state index is 11.5. The van der Waals surface area contributed by atoms with E-state index in [1.54, 1.807) is 6.07 Å². The highest BCUT2D eigenvalue weighted by molar-refractivity contribution is 6.36. The summed E-state index contributed by atoms with van der Waals surface area (Å²) >= 11 is 6.25. The van der Waals surface area contributed by atoms with E-state index in [9.17, 15) is 4.79 Å². The molecule has 1 N–H and O–H groups in total. The number of anilines is 1. The first kappa shape index (κ1) is 12.2. The zero-order valence-corrected chi connectivity index (χ0v) is 10.5. The second-order valence-corrected chi connectivity index (χ2v) is 4.25. The van der Waals surface area contributed by atoms with Gasteiger partial charge in [0.25, 0.3) is 0 Å². The average molecular weight is 255 g/mol. The van der Waals surface area contributed by atoms with Crippen LogP contribution in [0, 0.1) is 0 Å². The van der Waals surface area contributed by atoms with Crippen LogP contribution in [0.25, 0.3) is 0 Å². The number of nitrogens with one attached hydrogen (secondary N) is 1. The third-order valence-electron chi connectivity index (χ3n) is 2.84. The zero-order valence-electron chi connectivity index (χ0n) is 9.70. The Morgan fingerprint density at radius 1 is 1.41 bits per heavy atom. The predicted molar refractivity (Wildman–Crippen MR) is 67.9 cm³/mol. The van der Waals surface area contributed by atoms with Gasteiger partial charge in [0.2, 0.25) is 0 Å². The summed E-state index contributed by atoms with van der Waals surface area (Å²) in [4.78, 5) is 13.7. The van der Waals surface area contributed by atoms with E-state index < -0.39 is 5.97 Å². The number of piperazine rings is 1. The minimum atomic E-state index is -0.396. The van der Waals surface area contributed by atoms with Crippen LogP contribution in [0.4, 0.5) is 5.69 Å². The first-order valence-electron chi connectivity index (χ1n) is 5.56. The molecule has 1 saturated heterocycles. The van der Waals surface area contributed by atoms with Crippen LogP contribution in [0.1, 0.15) is 10.4 Å². The van der Waals surface area contributed by atoms with Gasteiger partial charge in [0.1, 0.15) is 0 Å². The maximum Gasteiger partial charge on any atom is 0.339 e. The molecule has 1 aliphatic rings. The first-order chi connectivity index (χ1) is 8.24. The Morgan fingerprint density at radius 3 is 2.76 bits per heavy atom. The van der Waals surface area contributed by atoms with Gasteiger partial charge >= 0.3 is 5.97 Å². The van der Waals surface area contributed by atoms with Crippen molar-refractivity contribution in [3.63, 3.8) is 0 Å². The lowest BCUT2D eigenvalue weighted by Crippen LogP contribution is -2.43. The standard InChI is InChI=1S/C12H15ClN2O2/c1-17-12(16)9-3-2-4-10(11(9)13)15-7-5-14-6-8-15/h2-4,14H,5-8H2,1H3. The molecule has 0 saturated carbocycles. The van der Waals surface area contributed by atoms with E-state index in [1.807, 2.05) is 12.1 Å². The molecule has 92 valence electrons. The van der Waals surface area contributed by atoms with Crippen LogP contribution >= 0.6 is 11.6 Å². The molecule has 1 aromatic carbocycles. The number of nitrogens with zero attached hydrogens (tertiary/aromatic N) is 1. The van der Waals surface area contributed by atoms with Crippen molar-refractivity contribution in [2.24, 2.45) is 0 Å². The number of benzene rings is 1. The van der Waals surface area contributed by atoms with Crippen LogP contribution < -0.4 is 10.2 Å². The van der Waals surface area contributed by atoms with Gasteiger partial charge in [0.15, 0.2) is 0 Å². The van der Waals surface area contributed by atoms with Gasteiger partial charge in [-0.2, -0.15) is 0 Å². The molecule has 0 aromatic heterocycles. The number of esters is 1. The summed E-state index contributed by atoms with van der Waals surface area (Å²) in [5.74, 6) is -0.396. The van der Waals surface area contributed by atoms with E-state index >= 15 is 0 Å². The van der Waals surface area contributed by atoms with Gasteiger partial charge in [-0.25, -0.2) is 4.79 Å². The molecule has 1 fully saturated rings. The number of carbonyl (C=O) groups is 1. The molecule has 0 spiro atoms. The van der Waals surface area contributed by atoms with Gasteiger partial charge in [0.05, 0.1) is 23.4 Å². The van der Waals surface area contributed by atoms with Gasteiger partial charge in [-0.1, -0.05) is 17.7 Å². The van der Waals surface area contributed by atoms with Crippen molar-refractivity contribution in [1.29, 1.82) is 0 Å². The Kier molecular flexibility index (Phi) is 3.86. The van der Waals surface area contributed by atoms with E-state index in [4.69, 9.17) is 16.3 Å². The quantitative estimate of drug-likeness (QED) is 0.813. The number of ether oxygens (including phenoxy) is 1. The molecule has 17 heavy (non-hydrogen) atoms. The minimum absolute atomic E-state index is 0.396. The largest absolute Gasteiger partial charge is 0.465 e. The van der Waals surface area contributed by atoms with Crippen LogP contribution in [0.15, 0.2) is 18.2 Å². The molecule has 1 heterocycles. The Morgan fingerprint density at radius 2 is 2.12 bits per heavy atom. The summed E-state index contributed by atoms with van der Waals surface area (Å²) in [5, 5.41) is 3.75. The molecule has 1 aliphatic heterocycles. The van der Waals surface area contributed by atoms with E-state index in [0.29, 0.717) is 10.6 Å². The molecule has 0 unspecified atom stereocenters. The molecule has 2 rings (SSSR count). The second kappa shape index (κ2) is 5.38. The van der Waals surface area contributed by atoms with Crippen LogP contribution in [-0.2, 0) is 4.74 Å². The first-order valence-corrected chi connectivity index (χ1v) is 5.94. The smallest absolute Gasteiger partial charge is 0.339 e. The van der Waals surface area contributed by atoms with Crippen LogP contribution in [-0.4, -0.2) is 39.3 Å². The molecular weight excluding hydrogens is 240 g/mol. The van der Waals surface area contributed by atoms with Gasteiger partial charge < -0.3 is 15.0 Å². The molecule has 0 bridgehead atoms. The highest BCUT2D eigenvalue weighted by atomic mass is 35.5. The highest BCUT2D eigenvalue weighted by Gasteiger charge is 2.18. The Labute approximate surface area is 106 Å². The average Bonchev–Trinajstić information content (AvgIpc) is 2.39. The molecule has 0 atom stereocenters. The Bertz CT molecular complexity index is 417. The third kappa shape index (κ3) is 2.53. The minimum Gasteiger partial charge on any atom is -0.465 e. The summed E-state index contributed by atoms with van der Waals surface area (Å²) in [6, 6.07) is 5.44. The fourth-order valence-electron chi connectivity index (χ4n) is 1.94. The van der Waals surface area contributed by atoms with Crippen molar-refractivity contribution in [2.45, 2.75) is 0 Å². The number of carbonyl (C=O) groups excluding carboxylic acids is 1. The SMILES string of the molecule is COC(=O)c1cccc(N2CCNCC2)c1Cl. The molecule has 0 radical (unpaired) electrons. The molecule has 0 amide bonds. The van der Waals surface area contributed by atoms with Crippen LogP contribution in [0.5, 0.6) is 0 Å². The number of methoxy groups -OCH3 is 1. The fourth-order valence-corrected chi connectivity index (χ4v) is 2.26. The molecular formula is C12H15ClN2O2. The number of hydrogen-bond donors (Lipinski definition) is 1. The van der Waals surface area contributed by atoms with E-state index in [0.717, 1.165) is 31.9 Å². The van der Waals surface area contributed by atoms with E-state index in [1.165, 1.54) is 7.11 Å². The summed E-state index contributed by atoms with van der Waals surface area (Å²) in [6.45, 7) is 3.65. The van der Waals surface area contributed by atoms with Gasteiger partial charge in [-0.15, -0.1) is 0 Å². The summed E-state index contributed by atoms with van der Waals surface area (Å²) in [7, 11) is 1.36. The van der Waals surface area contributed by atoms with Crippen LogP contribution in [0.2, 0.25) is 5.02 Å². The lowest BCUT2D eigenvalue weighted by atomic mass is 10.1. The topological polar surface area (TPSA) is 41.6 Å². The Balaban J connectivity index is 2.31. The van der Waals surface area contributed by atoms with Crippen molar-refractivity contribution in [3.05, 3.63) is 28.8 Å². The fraction of sp³-hybridized carbons (Fsp3) is 0.417. The lowest BCUT2D eigenvalue weighted by Gasteiger charge is -2.30. The highest BCUT2D eigenvalue weighted by Crippen LogP contribution is 2.29. The number of rotatable bonds is 2. The van der Waals surface area contributed by atoms with Crippen molar-refractivity contribution in [2.75, 3.05) is 38.2 Å². The monoisotopic (exact) mass is 254 g/mol. The Hall–Kier alpha value is -1.26. The van der Waals surface area contributed by atoms with Crippen molar-refractivity contribution < 1.29 is 9.53 Å². The predicted octanol–water partition coefficient (Wildman–Crippen LogP) is 1.54. The van der Waals surface area contributed by atoms with Crippen molar-refractivity contribution in [1.82, 2.24) is 5.32 Å². The number of halogens is 1. The van der Waals surface area contributed by atoms with E-state index in [2.05, 4.69) is 10.2 Å². The molecule has 4 nitrogen and oxygen atoms in total. The van der Waals surface area contributed by atoms with Crippen molar-refractivity contribution >= 4 is 23.3 Å². The maximum absolute atomic E-state index is 11.5. The number of hydrogen-bond acceptors (Lipinski definition) is 4. The van der Waals surface area contributed by atoms with E-state index in [-0.39, 0.29) is 0 Å². The van der Waals surface area contributed by atoms with Crippen LogP contribution in [0.3, 0.4) is 0 Å². The van der Waals surface area contributed by atoms with Gasteiger partial charge in [-0.3, -0.25) is 0 Å².